The lowest BCUT2D eigenvalue weighted by molar-refractivity contribution is 0.0949. The van der Waals surface area contributed by atoms with E-state index in [2.05, 4.69) is 37.9 Å². The highest BCUT2D eigenvalue weighted by atomic mass is 16.1. The van der Waals surface area contributed by atoms with Gasteiger partial charge >= 0.3 is 0 Å². The van der Waals surface area contributed by atoms with E-state index in [4.69, 9.17) is 10.1 Å². The van der Waals surface area contributed by atoms with Gasteiger partial charge in [0.15, 0.2) is 5.82 Å². The standard InChI is InChI=1S/C25H30N8O/c1-17-22(16-31-30-10-2-9-27-17)25(34)29-15-21-13-23(19-7-11-26-12-8-19)32-33(21)24-6-5-20(14-28-24)18-3-4-18/h2,5-6,9-10,13-14,16,18-19,26,30H,3-4,7-8,11-12,15H2,1H3,(H,29,34). The molecule has 9 nitrogen and oxygen atoms in total. The SMILES string of the molecule is Cc1nccc[nH]ncc1C(=O)NCc1cc(C2CCNCC2)nn1-c1ccc(C2CC2)cn1. The number of aromatic nitrogens is 6. The molecule has 176 valence electrons. The van der Waals surface area contributed by atoms with Crippen molar-refractivity contribution in [3.63, 3.8) is 0 Å². The van der Waals surface area contributed by atoms with Crippen molar-refractivity contribution in [3.8, 4) is 5.82 Å². The minimum Gasteiger partial charge on any atom is -0.346 e. The lowest BCUT2D eigenvalue weighted by Crippen LogP contribution is -2.26. The first kappa shape index (κ1) is 22.2. The molecule has 0 unspecified atom stereocenters. The van der Waals surface area contributed by atoms with Gasteiger partial charge in [-0.3, -0.25) is 14.9 Å². The van der Waals surface area contributed by atoms with Crippen molar-refractivity contribution in [2.45, 2.75) is 51.0 Å². The lowest BCUT2D eigenvalue weighted by atomic mass is 9.94. The topological polar surface area (TPSA) is 113 Å². The molecule has 1 saturated carbocycles. The van der Waals surface area contributed by atoms with Crippen molar-refractivity contribution >= 4 is 5.91 Å². The smallest absolute Gasteiger partial charge is 0.255 e. The molecule has 9 heteroatoms. The number of nitrogens with zero attached hydrogens (tertiary/aromatic N) is 5. The van der Waals surface area contributed by atoms with Crippen molar-refractivity contribution < 1.29 is 4.79 Å². The first-order chi connectivity index (χ1) is 16.7. The Labute approximate surface area is 198 Å². The lowest BCUT2D eigenvalue weighted by Gasteiger charge is -2.20. The highest BCUT2D eigenvalue weighted by molar-refractivity contribution is 5.94. The van der Waals surface area contributed by atoms with Gasteiger partial charge in [0, 0.05) is 24.5 Å². The van der Waals surface area contributed by atoms with Gasteiger partial charge in [-0.1, -0.05) is 6.07 Å². The van der Waals surface area contributed by atoms with Crippen LogP contribution in [0.2, 0.25) is 0 Å². The van der Waals surface area contributed by atoms with Gasteiger partial charge in [-0.2, -0.15) is 10.2 Å². The Morgan fingerprint density at radius 2 is 1.97 bits per heavy atom. The molecule has 0 radical (unpaired) electrons. The second-order valence-electron chi connectivity index (χ2n) is 8.93. The molecular weight excluding hydrogens is 428 g/mol. The summed E-state index contributed by atoms with van der Waals surface area (Å²) in [6.45, 7) is 4.10. The van der Waals surface area contributed by atoms with Crippen LogP contribution in [0.5, 0.6) is 0 Å². The molecule has 0 atom stereocenters. The summed E-state index contributed by atoms with van der Waals surface area (Å²) in [4.78, 5) is 22.0. The van der Waals surface area contributed by atoms with E-state index in [1.165, 1.54) is 24.6 Å². The number of hydrogen-bond donors (Lipinski definition) is 3. The predicted molar refractivity (Wildman–Crippen MR) is 128 cm³/mol. The largest absolute Gasteiger partial charge is 0.346 e. The molecule has 1 saturated heterocycles. The zero-order valence-electron chi connectivity index (χ0n) is 19.4. The Morgan fingerprint density at radius 1 is 1.12 bits per heavy atom. The Hall–Kier alpha value is -3.59. The maximum absolute atomic E-state index is 13.0. The number of hydrogen-bond acceptors (Lipinski definition) is 6. The van der Waals surface area contributed by atoms with Crippen LogP contribution in [-0.2, 0) is 6.54 Å². The zero-order valence-corrected chi connectivity index (χ0v) is 19.4. The van der Waals surface area contributed by atoms with Crippen LogP contribution in [0.4, 0.5) is 0 Å². The average Bonchev–Trinajstić information content (AvgIpc) is 3.61. The molecular formula is C25H30N8O. The van der Waals surface area contributed by atoms with Crippen molar-refractivity contribution in [1.82, 2.24) is 40.6 Å². The first-order valence-electron chi connectivity index (χ1n) is 11.9. The molecule has 4 heterocycles. The molecule has 5 rings (SSSR count). The summed E-state index contributed by atoms with van der Waals surface area (Å²) >= 11 is 0. The highest BCUT2D eigenvalue weighted by Gasteiger charge is 2.24. The van der Waals surface area contributed by atoms with Gasteiger partial charge in [0.05, 0.1) is 35.4 Å². The van der Waals surface area contributed by atoms with Crippen LogP contribution in [0.15, 0.2) is 49.1 Å². The Morgan fingerprint density at radius 3 is 2.74 bits per heavy atom. The summed E-state index contributed by atoms with van der Waals surface area (Å²) in [6, 6.07) is 8.01. The van der Waals surface area contributed by atoms with Gasteiger partial charge in [0.2, 0.25) is 0 Å². The van der Waals surface area contributed by atoms with E-state index in [1.807, 2.05) is 16.9 Å². The summed E-state index contributed by atoms with van der Waals surface area (Å²) in [5.41, 5.74) is 4.24. The second-order valence-corrected chi connectivity index (χ2v) is 8.93. The quantitative estimate of drug-likeness (QED) is 0.523. The normalized spacial score (nSPS) is 16.1. The first-order valence-corrected chi connectivity index (χ1v) is 11.9. The van der Waals surface area contributed by atoms with E-state index in [1.54, 1.807) is 25.4 Å². The summed E-state index contributed by atoms with van der Waals surface area (Å²) in [7, 11) is 0. The second kappa shape index (κ2) is 10.1. The van der Waals surface area contributed by atoms with Crippen molar-refractivity contribution in [3.05, 3.63) is 77.3 Å². The van der Waals surface area contributed by atoms with Crippen LogP contribution in [-0.4, -0.2) is 48.9 Å². The summed E-state index contributed by atoms with van der Waals surface area (Å²) in [5.74, 6) is 1.59. The Balaban J connectivity index is 1.41. The molecule has 3 aromatic rings. The Bertz CT molecular complexity index is 1190. The average molecular weight is 459 g/mol. The molecule has 1 amide bonds. The molecule has 0 bridgehead atoms. The molecule has 3 aromatic heterocycles. The molecule has 0 aromatic carbocycles. The van der Waals surface area contributed by atoms with Crippen LogP contribution < -0.4 is 10.6 Å². The molecule has 3 N–H and O–H groups in total. The minimum absolute atomic E-state index is 0.240. The van der Waals surface area contributed by atoms with E-state index in [9.17, 15) is 4.79 Å². The minimum atomic E-state index is -0.240. The van der Waals surface area contributed by atoms with Crippen LogP contribution in [0.1, 0.15) is 70.5 Å². The fourth-order valence-electron chi connectivity index (χ4n) is 4.30. The number of pyridine rings is 1. The predicted octanol–water partition coefficient (Wildman–Crippen LogP) is 3.09. The van der Waals surface area contributed by atoms with Crippen LogP contribution in [0.3, 0.4) is 0 Å². The number of amides is 1. The fraction of sp³-hybridized carbons (Fsp3) is 0.400. The molecule has 2 aliphatic rings. The van der Waals surface area contributed by atoms with Crippen molar-refractivity contribution in [1.29, 1.82) is 0 Å². The monoisotopic (exact) mass is 458 g/mol. The number of aryl methyl sites for hydroxylation is 1. The van der Waals surface area contributed by atoms with Gasteiger partial charge in [-0.25, -0.2) is 9.67 Å². The van der Waals surface area contributed by atoms with Gasteiger partial charge in [0.1, 0.15) is 0 Å². The number of H-pyrrole nitrogens is 1. The number of rotatable bonds is 6. The van der Waals surface area contributed by atoms with Gasteiger partial charge < -0.3 is 10.6 Å². The fourth-order valence-corrected chi connectivity index (χ4v) is 4.30. The molecule has 34 heavy (non-hydrogen) atoms. The molecule has 1 aliphatic heterocycles. The molecule has 1 aliphatic carbocycles. The van der Waals surface area contributed by atoms with E-state index in [0.717, 1.165) is 43.1 Å². The van der Waals surface area contributed by atoms with E-state index in [0.29, 0.717) is 29.6 Å². The number of aromatic amines is 1. The van der Waals surface area contributed by atoms with Crippen LogP contribution in [0.25, 0.3) is 5.82 Å². The summed E-state index contributed by atoms with van der Waals surface area (Å²) in [5, 5.41) is 18.2. The summed E-state index contributed by atoms with van der Waals surface area (Å²) < 4.78 is 1.87. The van der Waals surface area contributed by atoms with Gasteiger partial charge in [-0.05, 0) is 75.4 Å². The van der Waals surface area contributed by atoms with Gasteiger partial charge in [0.25, 0.3) is 5.91 Å². The maximum atomic E-state index is 13.0. The summed E-state index contributed by atoms with van der Waals surface area (Å²) in [6.07, 6.45) is 11.3. The maximum Gasteiger partial charge on any atom is 0.255 e. The Kier molecular flexibility index (Phi) is 6.62. The van der Waals surface area contributed by atoms with Gasteiger partial charge in [-0.15, -0.1) is 0 Å². The zero-order chi connectivity index (χ0) is 23.3. The van der Waals surface area contributed by atoms with Crippen LogP contribution >= 0.6 is 0 Å². The third kappa shape index (κ3) is 5.14. The number of nitrogens with one attached hydrogen (secondary N) is 3. The number of carbonyl (C=O) groups excluding carboxylic acids is 1. The number of carbonyl (C=O) groups is 1. The van der Waals surface area contributed by atoms with Crippen molar-refractivity contribution in [2.75, 3.05) is 13.1 Å². The molecule has 2 fully saturated rings. The third-order valence-electron chi connectivity index (χ3n) is 6.45. The van der Waals surface area contributed by atoms with Crippen molar-refractivity contribution in [2.24, 2.45) is 0 Å². The van der Waals surface area contributed by atoms with E-state index < -0.39 is 0 Å². The third-order valence-corrected chi connectivity index (χ3v) is 6.45. The highest BCUT2D eigenvalue weighted by Crippen LogP contribution is 2.39. The molecule has 0 spiro atoms. The van der Waals surface area contributed by atoms with E-state index >= 15 is 0 Å². The number of piperidine rings is 1. The van der Waals surface area contributed by atoms with Crippen LogP contribution in [0, 0.1) is 6.92 Å². The van der Waals surface area contributed by atoms with E-state index in [-0.39, 0.29) is 5.91 Å².